The van der Waals surface area contributed by atoms with Crippen molar-refractivity contribution in [2.75, 3.05) is 32.7 Å². The minimum Gasteiger partial charge on any atom is -0.393 e. The van der Waals surface area contributed by atoms with Gasteiger partial charge in [0.05, 0.1) is 4.99 Å². The summed E-state index contributed by atoms with van der Waals surface area (Å²) in [4.78, 5) is 16.7. The number of rotatable bonds is 5. The molecule has 1 amide bonds. The van der Waals surface area contributed by atoms with Crippen LogP contribution in [-0.2, 0) is 4.79 Å². The number of nitrogens with zero attached hydrogens (tertiary/aromatic N) is 2. The summed E-state index contributed by atoms with van der Waals surface area (Å²) in [6, 6.07) is 0. The first kappa shape index (κ1) is 14.4. The van der Waals surface area contributed by atoms with Crippen molar-refractivity contribution in [1.29, 1.82) is 0 Å². The molecule has 0 aromatic carbocycles. The Morgan fingerprint density at radius 1 is 1.29 bits per heavy atom. The van der Waals surface area contributed by atoms with E-state index in [9.17, 15) is 4.79 Å². The van der Waals surface area contributed by atoms with Crippen molar-refractivity contribution in [2.24, 2.45) is 11.7 Å². The Balaban J connectivity index is 2.25. The summed E-state index contributed by atoms with van der Waals surface area (Å²) in [5, 5.41) is 0. The normalized spacial score (nSPS) is 17.5. The van der Waals surface area contributed by atoms with Crippen LogP contribution < -0.4 is 5.73 Å². The summed E-state index contributed by atoms with van der Waals surface area (Å²) in [5.74, 6) is 0.726. The van der Waals surface area contributed by atoms with Gasteiger partial charge in [-0.05, 0) is 5.92 Å². The summed E-state index contributed by atoms with van der Waals surface area (Å²) in [6.07, 6.45) is 1.43. The van der Waals surface area contributed by atoms with E-state index in [0.717, 1.165) is 39.1 Å². The van der Waals surface area contributed by atoms with Gasteiger partial charge in [0.15, 0.2) is 0 Å². The Morgan fingerprint density at radius 3 is 2.35 bits per heavy atom. The molecule has 0 radical (unpaired) electrons. The van der Waals surface area contributed by atoms with E-state index in [-0.39, 0.29) is 5.91 Å². The molecule has 5 heteroatoms. The number of nitrogens with two attached hydrogens (primary N) is 1. The minimum absolute atomic E-state index is 0.286. The molecular formula is C12H23N3OS. The van der Waals surface area contributed by atoms with Crippen LogP contribution in [0.2, 0.25) is 0 Å². The van der Waals surface area contributed by atoms with E-state index in [4.69, 9.17) is 18.0 Å². The van der Waals surface area contributed by atoms with Crippen LogP contribution >= 0.6 is 12.2 Å². The summed E-state index contributed by atoms with van der Waals surface area (Å²) in [5.41, 5.74) is 5.48. The molecule has 98 valence electrons. The van der Waals surface area contributed by atoms with Crippen LogP contribution in [0.25, 0.3) is 0 Å². The van der Waals surface area contributed by atoms with Gasteiger partial charge in [0.2, 0.25) is 5.91 Å². The van der Waals surface area contributed by atoms with Crippen LogP contribution in [0.3, 0.4) is 0 Å². The number of hydrogen-bond donors (Lipinski definition) is 1. The zero-order chi connectivity index (χ0) is 12.8. The first-order valence-electron chi connectivity index (χ1n) is 6.27. The number of thiocarbonyl (C=S) groups is 1. The Labute approximate surface area is 109 Å². The highest BCUT2D eigenvalue weighted by molar-refractivity contribution is 7.80. The van der Waals surface area contributed by atoms with Gasteiger partial charge in [-0.25, -0.2) is 0 Å². The molecule has 1 fully saturated rings. The van der Waals surface area contributed by atoms with Crippen molar-refractivity contribution >= 4 is 23.1 Å². The first-order chi connectivity index (χ1) is 7.99. The van der Waals surface area contributed by atoms with E-state index in [1.807, 2.05) is 4.90 Å². The number of hydrogen-bond acceptors (Lipinski definition) is 3. The summed E-state index contributed by atoms with van der Waals surface area (Å²) < 4.78 is 0. The molecule has 0 aliphatic carbocycles. The van der Waals surface area contributed by atoms with E-state index in [1.54, 1.807) is 0 Å². The largest absolute Gasteiger partial charge is 0.393 e. The topological polar surface area (TPSA) is 49.6 Å². The molecule has 0 unspecified atom stereocenters. The summed E-state index contributed by atoms with van der Waals surface area (Å²) >= 11 is 4.86. The van der Waals surface area contributed by atoms with Gasteiger partial charge in [-0.3, -0.25) is 9.69 Å². The Bertz CT molecular complexity index is 273. The van der Waals surface area contributed by atoms with Crippen LogP contribution in [0.15, 0.2) is 0 Å². The molecule has 1 saturated heterocycles. The molecule has 0 atom stereocenters. The Kier molecular flexibility index (Phi) is 5.85. The summed E-state index contributed by atoms with van der Waals surface area (Å²) in [7, 11) is 0. The van der Waals surface area contributed by atoms with Crippen molar-refractivity contribution in [3.05, 3.63) is 0 Å². The fraction of sp³-hybridized carbons (Fsp3) is 0.833. The third kappa shape index (κ3) is 5.46. The van der Waals surface area contributed by atoms with Crippen molar-refractivity contribution < 1.29 is 4.79 Å². The molecule has 0 spiro atoms. The van der Waals surface area contributed by atoms with E-state index >= 15 is 0 Å². The lowest BCUT2D eigenvalue weighted by Gasteiger charge is -2.35. The van der Waals surface area contributed by atoms with Gasteiger partial charge in [-0.2, -0.15) is 0 Å². The smallest absolute Gasteiger partial charge is 0.222 e. The number of piperazine rings is 1. The van der Waals surface area contributed by atoms with E-state index in [0.29, 0.717) is 17.3 Å². The van der Waals surface area contributed by atoms with Gasteiger partial charge in [0.1, 0.15) is 0 Å². The maximum absolute atomic E-state index is 11.8. The number of carbonyl (C=O) groups is 1. The van der Waals surface area contributed by atoms with Gasteiger partial charge in [-0.1, -0.05) is 26.1 Å². The molecule has 1 rings (SSSR count). The van der Waals surface area contributed by atoms with Crippen LogP contribution in [-0.4, -0.2) is 53.4 Å². The predicted molar refractivity (Wildman–Crippen MR) is 73.9 cm³/mol. The summed E-state index contributed by atoms with van der Waals surface area (Å²) in [6.45, 7) is 8.62. The second-order valence-electron chi connectivity index (χ2n) is 5.04. The van der Waals surface area contributed by atoms with Gasteiger partial charge >= 0.3 is 0 Å². The first-order valence-corrected chi connectivity index (χ1v) is 6.68. The predicted octanol–water partition coefficient (Wildman–Crippen LogP) is 0.853. The van der Waals surface area contributed by atoms with E-state index in [1.165, 1.54) is 0 Å². The molecule has 1 aliphatic heterocycles. The fourth-order valence-corrected chi connectivity index (χ4v) is 2.06. The van der Waals surface area contributed by atoms with Gasteiger partial charge in [0.25, 0.3) is 0 Å². The Hall–Kier alpha value is -0.680. The molecule has 2 N–H and O–H groups in total. The second kappa shape index (κ2) is 6.91. The monoisotopic (exact) mass is 257 g/mol. The maximum atomic E-state index is 11.8. The van der Waals surface area contributed by atoms with Crippen molar-refractivity contribution in [2.45, 2.75) is 26.7 Å². The van der Waals surface area contributed by atoms with Crippen molar-refractivity contribution in [3.63, 3.8) is 0 Å². The SMILES string of the molecule is CC(C)CC(=O)N1CCN(CCC(N)=S)CC1. The van der Waals surface area contributed by atoms with Crippen molar-refractivity contribution in [3.8, 4) is 0 Å². The van der Waals surface area contributed by atoms with Gasteiger partial charge in [-0.15, -0.1) is 0 Å². The van der Waals surface area contributed by atoms with Crippen LogP contribution in [0.5, 0.6) is 0 Å². The highest BCUT2D eigenvalue weighted by atomic mass is 32.1. The Morgan fingerprint density at radius 2 is 1.88 bits per heavy atom. The maximum Gasteiger partial charge on any atom is 0.222 e. The molecular weight excluding hydrogens is 234 g/mol. The second-order valence-corrected chi connectivity index (χ2v) is 5.56. The van der Waals surface area contributed by atoms with Gasteiger partial charge in [0, 0.05) is 45.6 Å². The van der Waals surface area contributed by atoms with Gasteiger partial charge < -0.3 is 10.6 Å². The molecule has 0 aromatic heterocycles. The lowest BCUT2D eigenvalue weighted by Crippen LogP contribution is -2.49. The number of amides is 1. The minimum atomic E-state index is 0.286. The quantitative estimate of drug-likeness (QED) is 0.742. The standard InChI is InChI=1S/C12H23N3OS/c1-10(2)9-12(16)15-7-5-14(6-8-15)4-3-11(13)17/h10H,3-9H2,1-2H3,(H2,13,17). The zero-order valence-electron chi connectivity index (χ0n) is 10.8. The fourth-order valence-electron chi connectivity index (χ4n) is 1.97. The van der Waals surface area contributed by atoms with E-state index in [2.05, 4.69) is 18.7 Å². The van der Waals surface area contributed by atoms with Crippen molar-refractivity contribution in [1.82, 2.24) is 9.80 Å². The molecule has 1 heterocycles. The van der Waals surface area contributed by atoms with Crippen LogP contribution in [0.1, 0.15) is 26.7 Å². The lowest BCUT2D eigenvalue weighted by molar-refractivity contribution is -0.133. The highest BCUT2D eigenvalue weighted by Crippen LogP contribution is 2.08. The van der Waals surface area contributed by atoms with E-state index < -0.39 is 0 Å². The molecule has 0 bridgehead atoms. The zero-order valence-corrected chi connectivity index (χ0v) is 11.6. The average molecular weight is 257 g/mol. The molecule has 1 aliphatic rings. The molecule has 0 aromatic rings. The van der Waals surface area contributed by atoms with Crippen LogP contribution in [0, 0.1) is 5.92 Å². The third-order valence-corrected chi connectivity index (χ3v) is 3.19. The lowest BCUT2D eigenvalue weighted by atomic mass is 10.1. The molecule has 0 saturated carbocycles. The number of carbonyl (C=O) groups excluding carboxylic acids is 1. The third-order valence-electron chi connectivity index (χ3n) is 2.98. The average Bonchev–Trinajstić information content (AvgIpc) is 2.26. The highest BCUT2D eigenvalue weighted by Gasteiger charge is 2.21. The molecule has 4 nitrogen and oxygen atoms in total. The molecule has 17 heavy (non-hydrogen) atoms. The van der Waals surface area contributed by atoms with Crippen LogP contribution in [0.4, 0.5) is 0 Å².